The number of aromatic nitrogens is 1. The Morgan fingerprint density at radius 2 is 2.12 bits per heavy atom. The molecule has 3 rings (SSSR count). The molecule has 4 nitrogen and oxygen atoms in total. The summed E-state index contributed by atoms with van der Waals surface area (Å²) in [5.41, 5.74) is 4.63. The quantitative estimate of drug-likeness (QED) is 0.465. The summed E-state index contributed by atoms with van der Waals surface area (Å²) < 4.78 is 0. The third-order valence-electron chi connectivity index (χ3n) is 4.16. The standard InChI is InChI=1S/C18H22N4.ClH.Pt/c1-13(19)22(2)12-11-20-18-14-7-3-5-9-16(14)21-17-10-6-4-8-15(17)18;;/h3-5,7-9,19H,6,10-12H2,1-2H3,(H,20,21);1H;/q;;+1/p-1. The van der Waals surface area contributed by atoms with Crippen LogP contribution in [0.4, 0.5) is 5.69 Å². The van der Waals surface area contributed by atoms with Crippen LogP contribution in [0.5, 0.6) is 0 Å². The number of fused-ring (bicyclic) bond motifs is 2. The second-order valence-electron chi connectivity index (χ2n) is 5.74. The fraction of sp³-hybridized carbons (Fsp3) is 0.333. The zero-order valence-electron chi connectivity index (χ0n) is 13.9. The van der Waals surface area contributed by atoms with Gasteiger partial charge in [-0.2, -0.15) is 0 Å². The van der Waals surface area contributed by atoms with Crippen molar-refractivity contribution in [1.29, 1.82) is 5.41 Å². The number of hydrogen-bond acceptors (Lipinski definition) is 3. The Morgan fingerprint density at radius 3 is 2.88 bits per heavy atom. The number of nitrogens with one attached hydrogen (secondary N) is 2. The molecular weight excluding hydrogens is 503 g/mol. The molecule has 0 spiro atoms. The summed E-state index contributed by atoms with van der Waals surface area (Å²) in [7, 11) is 6.56. The monoisotopic (exact) mass is 524 g/mol. The first-order valence-electron chi connectivity index (χ1n) is 7.87. The van der Waals surface area contributed by atoms with E-state index in [1.54, 1.807) is 18.8 Å². The van der Waals surface area contributed by atoms with Gasteiger partial charge in [-0.1, -0.05) is 30.4 Å². The van der Waals surface area contributed by atoms with Crippen LogP contribution in [0.15, 0.2) is 30.3 Å². The van der Waals surface area contributed by atoms with E-state index < -0.39 is 0 Å². The molecular formula is C18H22ClN4Pt. The molecule has 0 radical (unpaired) electrons. The van der Waals surface area contributed by atoms with Crippen LogP contribution in [0.3, 0.4) is 0 Å². The number of benzene rings is 1. The molecule has 1 aliphatic rings. The number of halogens is 1. The van der Waals surface area contributed by atoms with Crippen molar-refractivity contribution in [2.45, 2.75) is 19.8 Å². The number of rotatable bonds is 4. The second kappa shape index (κ2) is 9.19. The van der Waals surface area contributed by atoms with Crippen LogP contribution in [0.2, 0.25) is 0 Å². The van der Waals surface area contributed by atoms with E-state index in [1.165, 1.54) is 22.3 Å². The molecule has 1 aromatic heterocycles. The van der Waals surface area contributed by atoms with E-state index in [9.17, 15) is 0 Å². The Hall–Kier alpha value is -1.38. The summed E-state index contributed by atoms with van der Waals surface area (Å²) in [5, 5.41) is 12.4. The molecule has 1 heterocycles. The van der Waals surface area contributed by atoms with Gasteiger partial charge in [0.2, 0.25) is 0 Å². The maximum atomic E-state index is 7.64. The molecule has 131 valence electrons. The Morgan fingerprint density at radius 1 is 1.38 bits per heavy atom. The fourth-order valence-corrected chi connectivity index (χ4v) is 2.78. The molecule has 6 heteroatoms. The van der Waals surface area contributed by atoms with Crippen LogP contribution in [0.1, 0.15) is 24.6 Å². The normalized spacial score (nSPS) is 12.2. The molecule has 0 atom stereocenters. The van der Waals surface area contributed by atoms with Crippen LogP contribution in [-0.4, -0.2) is 35.9 Å². The Kier molecular flexibility index (Phi) is 7.26. The summed E-state index contributed by atoms with van der Waals surface area (Å²) in [5.74, 6) is 0.586. The van der Waals surface area contributed by atoms with Gasteiger partial charge in [0.05, 0.1) is 22.7 Å². The van der Waals surface area contributed by atoms with Crippen molar-refractivity contribution in [3.63, 3.8) is 0 Å². The first kappa shape index (κ1) is 18.9. The van der Waals surface area contributed by atoms with Crippen molar-refractivity contribution in [2.24, 2.45) is 0 Å². The number of hydrogen-bond donors (Lipinski definition) is 2. The molecule has 0 saturated carbocycles. The van der Waals surface area contributed by atoms with Gasteiger partial charge in [0.15, 0.2) is 0 Å². The maximum absolute atomic E-state index is 7.64. The molecule has 0 unspecified atom stereocenters. The third kappa shape index (κ3) is 4.37. The number of anilines is 1. The first-order chi connectivity index (χ1) is 11.7. The molecule has 0 bridgehead atoms. The summed E-state index contributed by atoms with van der Waals surface area (Å²) in [6.45, 7) is 3.43. The fourth-order valence-electron chi connectivity index (χ4n) is 2.78. The summed E-state index contributed by atoms with van der Waals surface area (Å²) >= 11 is 1.61. The minimum atomic E-state index is 0.586. The molecule has 0 aliphatic heterocycles. The molecule has 0 amide bonds. The number of nitrogens with zero attached hydrogens (tertiary/aromatic N) is 2. The van der Waals surface area contributed by atoms with E-state index in [1.807, 2.05) is 24.9 Å². The number of allylic oxidation sites excluding steroid dienone is 1. The van der Waals surface area contributed by atoms with Crippen molar-refractivity contribution >= 4 is 37.9 Å². The van der Waals surface area contributed by atoms with Gasteiger partial charge in [0, 0.05) is 31.1 Å². The van der Waals surface area contributed by atoms with Crippen LogP contribution >= 0.6 is 9.42 Å². The van der Waals surface area contributed by atoms with E-state index in [-0.39, 0.29) is 0 Å². The van der Waals surface area contributed by atoms with Gasteiger partial charge >= 0.3 is 28.2 Å². The van der Waals surface area contributed by atoms with E-state index >= 15 is 0 Å². The predicted octanol–water partition coefficient (Wildman–Crippen LogP) is 4.22. The van der Waals surface area contributed by atoms with Gasteiger partial charge in [-0.3, -0.25) is 10.4 Å². The van der Waals surface area contributed by atoms with Gasteiger partial charge in [0.1, 0.15) is 0 Å². The van der Waals surface area contributed by atoms with Crippen LogP contribution < -0.4 is 5.32 Å². The van der Waals surface area contributed by atoms with Crippen LogP contribution in [-0.2, 0) is 25.2 Å². The Labute approximate surface area is 158 Å². The first-order valence-corrected chi connectivity index (χ1v) is 10.7. The second-order valence-corrected chi connectivity index (χ2v) is 5.74. The molecule has 2 N–H and O–H groups in total. The minimum absolute atomic E-state index is 0.586. The number of likely N-dealkylation sites (N-methyl/N-ethyl adjacent to an activating group) is 1. The van der Waals surface area contributed by atoms with Gasteiger partial charge in [0.25, 0.3) is 0 Å². The number of aryl methyl sites for hydroxylation is 1. The van der Waals surface area contributed by atoms with Crippen molar-refractivity contribution in [2.75, 3.05) is 25.5 Å². The van der Waals surface area contributed by atoms with Gasteiger partial charge in [-0.05, 0) is 25.8 Å². The molecule has 1 aromatic carbocycles. The summed E-state index contributed by atoms with van der Waals surface area (Å²) in [4.78, 5) is 6.76. The predicted molar refractivity (Wildman–Crippen MR) is 99.5 cm³/mol. The average molecular weight is 525 g/mol. The van der Waals surface area contributed by atoms with Crippen molar-refractivity contribution < 1.29 is 18.8 Å². The van der Waals surface area contributed by atoms with Gasteiger partial charge < -0.3 is 10.2 Å². The molecule has 1 aliphatic carbocycles. The topological polar surface area (TPSA) is 52.0 Å². The molecule has 24 heavy (non-hydrogen) atoms. The number of pyridine rings is 1. The number of para-hydroxylation sites is 1. The Bertz CT molecular complexity index is 745. The van der Waals surface area contributed by atoms with Crippen molar-refractivity contribution in [3.05, 3.63) is 41.6 Å². The van der Waals surface area contributed by atoms with E-state index in [2.05, 4.69) is 45.1 Å². The van der Waals surface area contributed by atoms with E-state index in [4.69, 9.17) is 10.4 Å². The van der Waals surface area contributed by atoms with E-state index in [0.29, 0.717) is 5.84 Å². The average Bonchev–Trinajstić information content (AvgIpc) is 2.62. The molecule has 0 saturated heterocycles. The molecule has 0 fully saturated rings. The van der Waals surface area contributed by atoms with Crippen molar-refractivity contribution in [1.82, 2.24) is 9.88 Å². The SMILES string of the molecule is CC(=N)N(C)CCNc1c2c(nc3ccccc13)CCC=C2.[Cl][Pt]. The third-order valence-corrected chi connectivity index (χ3v) is 4.16. The van der Waals surface area contributed by atoms with Crippen LogP contribution in [0, 0.1) is 5.41 Å². The van der Waals surface area contributed by atoms with Gasteiger partial charge in [-0.25, -0.2) is 0 Å². The zero-order valence-corrected chi connectivity index (χ0v) is 16.9. The van der Waals surface area contributed by atoms with E-state index in [0.717, 1.165) is 31.4 Å². The molecule has 2 aromatic rings. The van der Waals surface area contributed by atoms with Crippen LogP contribution in [0.25, 0.3) is 17.0 Å². The summed E-state index contributed by atoms with van der Waals surface area (Å²) in [6, 6.07) is 8.30. The van der Waals surface area contributed by atoms with Crippen molar-refractivity contribution in [3.8, 4) is 0 Å². The summed E-state index contributed by atoms with van der Waals surface area (Å²) in [6.07, 6.45) is 6.47. The zero-order chi connectivity index (χ0) is 17.5. The Balaban J connectivity index is 0.00000100. The van der Waals surface area contributed by atoms with Gasteiger partial charge in [-0.15, -0.1) is 0 Å². The number of amidine groups is 1.